The molecular weight excluding hydrogens is 274 g/mol. The van der Waals surface area contributed by atoms with Gasteiger partial charge in [0.25, 0.3) is 0 Å². The van der Waals surface area contributed by atoms with Gasteiger partial charge in [0, 0.05) is 12.7 Å². The van der Waals surface area contributed by atoms with E-state index in [0.29, 0.717) is 12.5 Å². The SMILES string of the molecule is CCC1CCC(CNS(=O)(=O)c2cccnc2N)CC1. The zero-order valence-corrected chi connectivity index (χ0v) is 12.7. The summed E-state index contributed by atoms with van der Waals surface area (Å²) in [5, 5.41) is 0. The number of pyridine rings is 1. The average molecular weight is 297 g/mol. The fourth-order valence-corrected chi connectivity index (χ4v) is 3.98. The molecule has 20 heavy (non-hydrogen) atoms. The Morgan fingerprint density at radius 1 is 1.30 bits per heavy atom. The molecule has 0 atom stereocenters. The van der Waals surface area contributed by atoms with Crippen molar-refractivity contribution in [2.24, 2.45) is 11.8 Å². The van der Waals surface area contributed by atoms with Crippen molar-refractivity contribution >= 4 is 15.8 Å². The summed E-state index contributed by atoms with van der Waals surface area (Å²) in [7, 11) is -3.55. The predicted molar refractivity (Wildman–Crippen MR) is 79.6 cm³/mol. The van der Waals surface area contributed by atoms with Gasteiger partial charge in [-0.25, -0.2) is 18.1 Å². The molecule has 0 saturated heterocycles. The summed E-state index contributed by atoms with van der Waals surface area (Å²) in [4.78, 5) is 3.89. The second kappa shape index (κ2) is 6.54. The highest BCUT2D eigenvalue weighted by molar-refractivity contribution is 7.89. The highest BCUT2D eigenvalue weighted by Crippen LogP contribution is 2.30. The van der Waals surface area contributed by atoms with Crippen molar-refractivity contribution in [1.82, 2.24) is 9.71 Å². The Bertz CT molecular complexity index is 537. The van der Waals surface area contributed by atoms with Crippen LogP contribution in [0.5, 0.6) is 0 Å². The van der Waals surface area contributed by atoms with Gasteiger partial charge in [0.2, 0.25) is 10.0 Å². The van der Waals surface area contributed by atoms with Gasteiger partial charge in [0.15, 0.2) is 0 Å². The van der Waals surface area contributed by atoms with Crippen LogP contribution >= 0.6 is 0 Å². The Balaban J connectivity index is 1.92. The van der Waals surface area contributed by atoms with E-state index in [2.05, 4.69) is 16.6 Å². The Morgan fingerprint density at radius 2 is 1.95 bits per heavy atom. The van der Waals surface area contributed by atoms with Crippen LogP contribution in [0.15, 0.2) is 23.2 Å². The van der Waals surface area contributed by atoms with E-state index in [1.54, 1.807) is 6.07 Å². The Kier molecular flexibility index (Phi) is 4.99. The number of hydrogen-bond acceptors (Lipinski definition) is 4. The molecule has 0 radical (unpaired) electrons. The standard InChI is InChI=1S/C14H23N3O2S/c1-2-11-5-7-12(8-6-11)10-17-20(18,19)13-4-3-9-16-14(13)15/h3-4,9,11-12,17H,2,5-8,10H2,1H3,(H2,15,16). The fraction of sp³-hybridized carbons (Fsp3) is 0.643. The zero-order valence-electron chi connectivity index (χ0n) is 11.9. The monoisotopic (exact) mass is 297 g/mol. The van der Waals surface area contributed by atoms with Gasteiger partial charge in [0.1, 0.15) is 10.7 Å². The molecule has 1 saturated carbocycles. The molecule has 0 unspecified atom stereocenters. The Labute approximate surface area is 121 Å². The van der Waals surface area contributed by atoms with Crippen molar-refractivity contribution in [3.8, 4) is 0 Å². The summed E-state index contributed by atoms with van der Waals surface area (Å²) in [5.74, 6) is 1.30. The van der Waals surface area contributed by atoms with Crippen LogP contribution in [0.2, 0.25) is 0 Å². The maximum Gasteiger partial charge on any atom is 0.244 e. The molecule has 112 valence electrons. The molecule has 1 heterocycles. The van der Waals surface area contributed by atoms with E-state index >= 15 is 0 Å². The number of nitrogen functional groups attached to an aromatic ring is 1. The molecule has 1 fully saturated rings. The molecule has 3 N–H and O–H groups in total. The summed E-state index contributed by atoms with van der Waals surface area (Å²) in [6.07, 6.45) is 7.33. The van der Waals surface area contributed by atoms with Crippen LogP contribution in [0.1, 0.15) is 39.0 Å². The van der Waals surface area contributed by atoms with Crippen LogP contribution in [0.4, 0.5) is 5.82 Å². The van der Waals surface area contributed by atoms with Gasteiger partial charge in [-0.15, -0.1) is 0 Å². The van der Waals surface area contributed by atoms with Crippen LogP contribution in [-0.4, -0.2) is 19.9 Å². The fourth-order valence-electron chi connectivity index (χ4n) is 2.78. The van der Waals surface area contributed by atoms with E-state index in [0.717, 1.165) is 18.8 Å². The first-order valence-corrected chi connectivity index (χ1v) is 8.71. The molecule has 0 aromatic carbocycles. The summed E-state index contributed by atoms with van der Waals surface area (Å²) in [5.41, 5.74) is 5.62. The molecule has 1 aliphatic rings. The van der Waals surface area contributed by atoms with Crippen molar-refractivity contribution in [3.63, 3.8) is 0 Å². The van der Waals surface area contributed by atoms with Crippen molar-refractivity contribution in [3.05, 3.63) is 18.3 Å². The van der Waals surface area contributed by atoms with Crippen molar-refractivity contribution in [1.29, 1.82) is 0 Å². The van der Waals surface area contributed by atoms with E-state index in [1.165, 1.54) is 31.5 Å². The van der Waals surface area contributed by atoms with Crippen LogP contribution in [0.3, 0.4) is 0 Å². The summed E-state index contributed by atoms with van der Waals surface area (Å²) in [6, 6.07) is 3.07. The maximum absolute atomic E-state index is 12.2. The molecule has 0 aliphatic heterocycles. The molecule has 0 amide bonds. The molecule has 6 heteroatoms. The number of nitrogens with zero attached hydrogens (tertiary/aromatic N) is 1. The third kappa shape index (κ3) is 3.70. The highest BCUT2D eigenvalue weighted by Gasteiger charge is 2.23. The quantitative estimate of drug-likeness (QED) is 0.872. The average Bonchev–Trinajstić information content (AvgIpc) is 2.46. The van der Waals surface area contributed by atoms with E-state index in [4.69, 9.17) is 5.73 Å². The molecule has 2 rings (SSSR count). The number of anilines is 1. The second-order valence-electron chi connectivity index (χ2n) is 5.53. The van der Waals surface area contributed by atoms with Gasteiger partial charge in [-0.05, 0) is 36.8 Å². The first kappa shape index (κ1) is 15.3. The Morgan fingerprint density at radius 3 is 2.55 bits per heavy atom. The van der Waals surface area contributed by atoms with Gasteiger partial charge < -0.3 is 5.73 Å². The highest BCUT2D eigenvalue weighted by atomic mass is 32.2. The lowest BCUT2D eigenvalue weighted by molar-refractivity contribution is 0.270. The number of nitrogens with one attached hydrogen (secondary N) is 1. The predicted octanol–water partition coefficient (Wildman–Crippen LogP) is 2.16. The molecule has 1 aromatic rings. The van der Waals surface area contributed by atoms with Crippen LogP contribution in [0.25, 0.3) is 0 Å². The summed E-state index contributed by atoms with van der Waals surface area (Å²) < 4.78 is 27.0. The van der Waals surface area contributed by atoms with Crippen LogP contribution < -0.4 is 10.5 Å². The molecule has 0 bridgehead atoms. The third-order valence-electron chi connectivity index (χ3n) is 4.19. The number of aromatic nitrogens is 1. The van der Waals surface area contributed by atoms with Gasteiger partial charge >= 0.3 is 0 Å². The normalized spacial score (nSPS) is 23.6. The lowest BCUT2D eigenvalue weighted by atomic mass is 9.81. The second-order valence-corrected chi connectivity index (χ2v) is 7.27. The largest absolute Gasteiger partial charge is 0.383 e. The Hall–Kier alpha value is -1.14. The van der Waals surface area contributed by atoms with Crippen molar-refractivity contribution in [2.75, 3.05) is 12.3 Å². The van der Waals surface area contributed by atoms with Gasteiger partial charge in [-0.3, -0.25) is 0 Å². The molecule has 1 aromatic heterocycles. The van der Waals surface area contributed by atoms with E-state index in [1.807, 2.05) is 0 Å². The van der Waals surface area contributed by atoms with E-state index in [9.17, 15) is 8.42 Å². The van der Waals surface area contributed by atoms with Crippen LogP contribution in [-0.2, 0) is 10.0 Å². The number of rotatable bonds is 5. The minimum atomic E-state index is -3.55. The maximum atomic E-state index is 12.2. The lowest BCUT2D eigenvalue weighted by Crippen LogP contribution is -2.31. The van der Waals surface area contributed by atoms with Gasteiger partial charge in [-0.2, -0.15) is 0 Å². The zero-order chi connectivity index (χ0) is 14.6. The molecule has 0 spiro atoms. The number of sulfonamides is 1. The molecule has 5 nitrogen and oxygen atoms in total. The third-order valence-corrected chi connectivity index (χ3v) is 5.67. The van der Waals surface area contributed by atoms with Crippen LogP contribution in [0, 0.1) is 11.8 Å². The summed E-state index contributed by atoms with van der Waals surface area (Å²) >= 11 is 0. The number of hydrogen-bond donors (Lipinski definition) is 2. The topological polar surface area (TPSA) is 85.1 Å². The lowest BCUT2D eigenvalue weighted by Gasteiger charge is -2.27. The first-order valence-electron chi connectivity index (χ1n) is 7.23. The van der Waals surface area contributed by atoms with Gasteiger partial charge in [0.05, 0.1) is 0 Å². The summed E-state index contributed by atoms with van der Waals surface area (Å²) in [6.45, 7) is 2.71. The molecular formula is C14H23N3O2S. The van der Waals surface area contributed by atoms with Crippen molar-refractivity contribution < 1.29 is 8.42 Å². The van der Waals surface area contributed by atoms with E-state index < -0.39 is 10.0 Å². The minimum Gasteiger partial charge on any atom is -0.383 e. The van der Waals surface area contributed by atoms with Gasteiger partial charge in [-0.1, -0.05) is 26.2 Å². The minimum absolute atomic E-state index is 0.0506. The van der Waals surface area contributed by atoms with Crippen molar-refractivity contribution in [2.45, 2.75) is 43.9 Å². The smallest absolute Gasteiger partial charge is 0.244 e. The number of nitrogens with two attached hydrogens (primary N) is 1. The van der Waals surface area contributed by atoms with E-state index in [-0.39, 0.29) is 10.7 Å². The first-order chi connectivity index (χ1) is 9.53. The molecule has 1 aliphatic carbocycles.